The highest BCUT2D eigenvalue weighted by atomic mass is 32.2. The minimum atomic E-state index is -3.44. The average molecular weight is 423 g/mol. The van der Waals surface area contributed by atoms with Crippen LogP contribution in [-0.2, 0) is 10.2 Å². The van der Waals surface area contributed by atoms with Gasteiger partial charge in [0.1, 0.15) is 11.5 Å². The number of likely N-dealkylation sites (tertiary alicyclic amines) is 1. The number of carbonyl (C=O) groups is 1. The summed E-state index contributed by atoms with van der Waals surface area (Å²) in [7, 11) is -1.37. The lowest BCUT2D eigenvalue weighted by Gasteiger charge is -2.41. The first kappa shape index (κ1) is 19.7. The number of nitrogens with zero attached hydrogens (tertiary/aromatic N) is 4. The molecule has 3 saturated heterocycles. The summed E-state index contributed by atoms with van der Waals surface area (Å²) in [5.74, 6) is 1.46. The minimum Gasteiger partial charge on any atom is -0.360 e. The molecule has 4 heterocycles. The number of Topliss-reactive ketones (excluding diaryl/α,β-unsaturated/α-hetero) is 1. The topological polar surface area (TPSA) is 87.0 Å². The largest absolute Gasteiger partial charge is 0.360 e. The Morgan fingerprint density at radius 2 is 1.97 bits per heavy atom. The van der Waals surface area contributed by atoms with Crippen molar-refractivity contribution in [1.29, 1.82) is 0 Å². The van der Waals surface area contributed by atoms with Gasteiger partial charge in [-0.3, -0.25) is 4.79 Å². The first-order chi connectivity index (χ1) is 13.8. The Balaban J connectivity index is 1.19. The van der Waals surface area contributed by atoms with Crippen LogP contribution < -0.4 is 0 Å². The first-order valence-corrected chi connectivity index (χ1v) is 12.2. The summed E-state index contributed by atoms with van der Waals surface area (Å²) >= 11 is 0. The monoisotopic (exact) mass is 422 g/mol. The Morgan fingerprint density at radius 3 is 2.59 bits per heavy atom. The van der Waals surface area contributed by atoms with Gasteiger partial charge < -0.3 is 9.42 Å². The van der Waals surface area contributed by atoms with Gasteiger partial charge in [0.05, 0.1) is 0 Å². The number of hydrogen-bond donors (Lipinski definition) is 0. The van der Waals surface area contributed by atoms with E-state index in [-0.39, 0.29) is 23.8 Å². The fraction of sp³-hybridized carbons (Fsp3) is 0.800. The van der Waals surface area contributed by atoms with Gasteiger partial charge in [0, 0.05) is 56.2 Å². The summed E-state index contributed by atoms with van der Waals surface area (Å²) < 4.78 is 35.2. The molecule has 1 aromatic rings. The molecule has 1 aromatic heterocycles. The van der Waals surface area contributed by atoms with Crippen LogP contribution in [0, 0.1) is 5.92 Å². The molecule has 8 nitrogen and oxygen atoms in total. The van der Waals surface area contributed by atoms with E-state index in [1.165, 1.54) is 0 Å². The van der Waals surface area contributed by atoms with Gasteiger partial charge in [-0.1, -0.05) is 5.16 Å². The van der Waals surface area contributed by atoms with Crippen LogP contribution >= 0.6 is 0 Å². The van der Waals surface area contributed by atoms with Crippen LogP contribution in [0.15, 0.2) is 10.6 Å². The number of piperazine rings is 1. The quantitative estimate of drug-likeness (QED) is 0.651. The normalized spacial score (nSPS) is 34.1. The van der Waals surface area contributed by atoms with Crippen LogP contribution in [0.4, 0.5) is 0 Å². The summed E-state index contributed by atoms with van der Waals surface area (Å²) in [6, 6.07) is 2.16. The van der Waals surface area contributed by atoms with Crippen LogP contribution in [0.1, 0.15) is 67.6 Å². The fourth-order valence-electron chi connectivity index (χ4n) is 5.37. The Morgan fingerprint density at radius 1 is 1.17 bits per heavy atom. The number of likely N-dealkylation sites (N-methyl/N-ethyl adjacent to an activating group) is 1. The van der Waals surface area contributed by atoms with E-state index in [1.807, 2.05) is 6.92 Å². The van der Waals surface area contributed by atoms with Gasteiger partial charge in [0.2, 0.25) is 0 Å². The second-order valence-corrected chi connectivity index (χ2v) is 11.3. The molecule has 1 saturated carbocycles. The zero-order chi connectivity index (χ0) is 20.3. The van der Waals surface area contributed by atoms with E-state index in [2.05, 4.69) is 17.1 Å². The zero-order valence-electron chi connectivity index (χ0n) is 17.2. The fourth-order valence-corrected chi connectivity index (χ4v) is 7.41. The van der Waals surface area contributed by atoms with Crippen LogP contribution in [0.2, 0.25) is 0 Å². The van der Waals surface area contributed by atoms with Gasteiger partial charge >= 0.3 is 0 Å². The maximum atomic E-state index is 13.3. The SMILES string of the molecule is C[C@H]1C[C@@H](CC(=O)c2cc(C3CC3)on2)CCN1S(=O)(=O)N1C[C@@H]2C[C@H]1CN2C. The predicted octanol–water partition coefficient (Wildman–Crippen LogP) is 1.86. The number of piperidine rings is 1. The summed E-state index contributed by atoms with van der Waals surface area (Å²) in [6.07, 6.45) is 5.00. The molecule has 0 spiro atoms. The maximum Gasteiger partial charge on any atom is 0.282 e. The van der Waals surface area contributed by atoms with Crippen molar-refractivity contribution in [3.05, 3.63) is 17.5 Å². The Bertz CT molecular complexity index is 894. The van der Waals surface area contributed by atoms with Crippen molar-refractivity contribution in [1.82, 2.24) is 18.7 Å². The van der Waals surface area contributed by atoms with Gasteiger partial charge in [0.25, 0.3) is 10.2 Å². The molecule has 2 bridgehead atoms. The van der Waals surface area contributed by atoms with Crippen molar-refractivity contribution in [3.8, 4) is 0 Å². The second-order valence-electron chi connectivity index (χ2n) is 9.43. The lowest BCUT2D eigenvalue weighted by molar-refractivity contribution is 0.0920. The highest BCUT2D eigenvalue weighted by Crippen LogP contribution is 2.40. The van der Waals surface area contributed by atoms with Crippen LogP contribution in [-0.4, -0.2) is 77.7 Å². The molecule has 0 unspecified atom stereocenters. The van der Waals surface area contributed by atoms with Crippen LogP contribution in [0.25, 0.3) is 0 Å². The third kappa shape index (κ3) is 3.56. The summed E-state index contributed by atoms with van der Waals surface area (Å²) in [4.78, 5) is 14.9. The maximum absolute atomic E-state index is 13.3. The molecule has 9 heteroatoms. The van der Waals surface area contributed by atoms with Gasteiger partial charge in [-0.2, -0.15) is 17.0 Å². The van der Waals surface area contributed by atoms with Crippen molar-refractivity contribution in [2.24, 2.45) is 5.92 Å². The number of carbonyl (C=O) groups excluding carboxylic acids is 1. The molecule has 0 amide bonds. The minimum absolute atomic E-state index is 0.00838. The molecule has 0 radical (unpaired) electrons. The van der Waals surface area contributed by atoms with Gasteiger partial charge in [-0.25, -0.2) is 0 Å². The highest BCUT2D eigenvalue weighted by molar-refractivity contribution is 7.86. The van der Waals surface area contributed by atoms with E-state index in [0.717, 1.165) is 31.6 Å². The van der Waals surface area contributed by atoms with Gasteiger partial charge in [0.15, 0.2) is 5.78 Å². The van der Waals surface area contributed by atoms with E-state index in [1.54, 1.807) is 14.7 Å². The van der Waals surface area contributed by atoms with Gasteiger partial charge in [-0.05, 0) is 52.0 Å². The molecular weight excluding hydrogens is 392 g/mol. The van der Waals surface area contributed by atoms with Crippen molar-refractivity contribution in [2.45, 2.75) is 69.5 Å². The number of aromatic nitrogens is 1. The van der Waals surface area contributed by atoms with E-state index in [4.69, 9.17) is 4.52 Å². The molecule has 160 valence electrons. The molecule has 4 aliphatic rings. The number of fused-ring (bicyclic) bond motifs is 2. The van der Waals surface area contributed by atoms with Crippen molar-refractivity contribution in [3.63, 3.8) is 0 Å². The van der Waals surface area contributed by atoms with E-state index >= 15 is 0 Å². The van der Waals surface area contributed by atoms with E-state index in [9.17, 15) is 13.2 Å². The molecule has 4 atom stereocenters. The van der Waals surface area contributed by atoms with Crippen molar-refractivity contribution >= 4 is 16.0 Å². The first-order valence-electron chi connectivity index (χ1n) is 10.8. The molecule has 1 aliphatic carbocycles. The van der Waals surface area contributed by atoms with E-state index < -0.39 is 10.2 Å². The summed E-state index contributed by atoms with van der Waals surface area (Å²) in [5, 5.41) is 3.95. The second kappa shape index (κ2) is 7.14. The summed E-state index contributed by atoms with van der Waals surface area (Å²) in [6.45, 7) is 3.88. The number of ketones is 1. The Labute approximate surface area is 172 Å². The van der Waals surface area contributed by atoms with Crippen LogP contribution in [0.3, 0.4) is 0 Å². The molecule has 3 aliphatic heterocycles. The third-order valence-electron chi connectivity index (χ3n) is 7.25. The lowest BCUT2D eigenvalue weighted by Crippen LogP contribution is -2.55. The molecule has 0 N–H and O–H groups in total. The molecule has 29 heavy (non-hydrogen) atoms. The van der Waals surface area contributed by atoms with Gasteiger partial charge in [-0.15, -0.1) is 0 Å². The number of hydrogen-bond acceptors (Lipinski definition) is 6. The lowest BCUT2D eigenvalue weighted by atomic mass is 9.88. The molecule has 0 aromatic carbocycles. The Hall–Kier alpha value is -1.29. The zero-order valence-corrected chi connectivity index (χ0v) is 18.0. The third-order valence-corrected chi connectivity index (χ3v) is 9.42. The number of rotatable bonds is 6. The predicted molar refractivity (Wildman–Crippen MR) is 107 cm³/mol. The van der Waals surface area contributed by atoms with E-state index in [0.29, 0.717) is 50.0 Å². The van der Waals surface area contributed by atoms with Crippen molar-refractivity contribution in [2.75, 3.05) is 26.7 Å². The van der Waals surface area contributed by atoms with Crippen molar-refractivity contribution < 1.29 is 17.7 Å². The average Bonchev–Trinajstić information content (AvgIpc) is 3.10. The molecular formula is C20H30N4O4S. The smallest absolute Gasteiger partial charge is 0.282 e. The molecule has 4 fully saturated rings. The molecule has 5 rings (SSSR count). The van der Waals surface area contributed by atoms with Crippen LogP contribution in [0.5, 0.6) is 0 Å². The highest BCUT2D eigenvalue weighted by Gasteiger charge is 2.49. The standard InChI is InChI=1S/C20H30N4O4S/c1-13-7-14(8-19(25)18-10-20(28-21-18)15-3-4-15)5-6-23(13)29(26,27)24-12-16-9-17(24)11-22(16)2/h10,13-17H,3-9,11-12H2,1-2H3/t13-,14-,16-,17-/m0/s1. The Kier molecular flexibility index (Phi) is 4.84. The summed E-state index contributed by atoms with van der Waals surface area (Å²) in [5.41, 5.74) is 0.423.